The lowest BCUT2D eigenvalue weighted by Gasteiger charge is -2.07. The molecule has 4 rings (SSSR count). The first-order valence-corrected chi connectivity index (χ1v) is 7.85. The van der Waals surface area contributed by atoms with Gasteiger partial charge in [-0.2, -0.15) is 0 Å². The highest BCUT2D eigenvalue weighted by Gasteiger charge is 2.27. The van der Waals surface area contributed by atoms with Crippen molar-refractivity contribution in [3.8, 4) is 0 Å². The molecule has 0 saturated carbocycles. The summed E-state index contributed by atoms with van der Waals surface area (Å²) in [5.41, 5.74) is 5.46. The topological polar surface area (TPSA) is 62.0 Å². The smallest absolute Gasteiger partial charge is 0.258 e. The van der Waals surface area contributed by atoms with Gasteiger partial charge >= 0.3 is 0 Å². The first-order chi connectivity index (χ1) is 11.6. The van der Waals surface area contributed by atoms with Crippen molar-refractivity contribution in [3.05, 3.63) is 77.0 Å². The molecule has 2 amide bonds. The molecule has 3 aromatic rings. The number of amides is 2. The lowest BCUT2D eigenvalue weighted by molar-refractivity contribution is -0.123. The summed E-state index contributed by atoms with van der Waals surface area (Å²) >= 11 is 0. The summed E-state index contributed by atoms with van der Waals surface area (Å²) in [6.45, 7) is 1.93. The van der Waals surface area contributed by atoms with Gasteiger partial charge in [0.05, 0.1) is 5.57 Å². The highest BCUT2D eigenvalue weighted by atomic mass is 16.2. The van der Waals surface area contributed by atoms with E-state index in [1.807, 2.05) is 37.3 Å². The van der Waals surface area contributed by atoms with Crippen LogP contribution in [0, 0.1) is 6.92 Å². The Morgan fingerprint density at radius 3 is 2.46 bits per heavy atom. The maximum atomic E-state index is 12.1. The molecular weight excluding hydrogens is 300 g/mol. The zero-order valence-corrected chi connectivity index (χ0v) is 13.2. The summed E-state index contributed by atoms with van der Waals surface area (Å²) in [5.74, 6) is -0.692. The Balaban J connectivity index is 1.92. The van der Waals surface area contributed by atoms with Gasteiger partial charge in [0, 0.05) is 28.2 Å². The van der Waals surface area contributed by atoms with Crippen LogP contribution >= 0.6 is 0 Å². The minimum atomic E-state index is -0.357. The number of fused-ring (bicyclic) bond motifs is 1. The van der Waals surface area contributed by atoms with Gasteiger partial charge in [-0.1, -0.05) is 42.5 Å². The predicted molar refractivity (Wildman–Crippen MR) is 93.4 cm³/mol. The number of H-pyrrole nitrogens is 1. The van der Waals surface area contributed by atoms with Crippen molar-refractivity contribution in [1.82, 2.24) is 10.3 Å². The van der Waals surface area contributed by atoms with Crippen molar-refractivity contribution in [3.63, 3.8) is 0 Å². The van der Waals surface area contributed by atoms with Crippen LogP contribution in [0.5, 0.6) is 0 Å². The highest BCUT2D eigenvalue weighted by Crippen LogP contribution is 2.33. The van der Waals surface area contributed by atoms with Crippen LogP contribution in [0.3, 0.4) is 0 Å². The van der Waals surface area contributed by atoms with E-state index in [1.54, 1.807) is 0 Å². The monoisotopic (exact) mass is 316 g/mol. The number of nitrogens with one attached hydrogen (secondary N) is 2. The number of benzene rings is 2. The van der Waals surface area contributed by atoms with Gasteiger partial charge < -0.3 is 4.98 Å². The second kappa shape index (κ2) is 5.49. The van der Waals surface area contributed by atoms with E-state index in [-0.39, 0.29) is 11.8 Å². The number of hydrogen-bond donors (Lipinski definition) is 2. The number of imide groups is 1. The summed E-state index contributed by atoms with van der Waals surface area (Å²) in [6.07, 6.45) is 2.16. The largest absolute Gasteiger partial charge is 0.358 e. The van der Waals surface area contributed by atoms with Gasteiger partial charge in [-0.15, -0.1) is 0 Å². The third kappa shape index (κ3) is 2.33. The van der Waals surface area contributed by atoms with Crippen molar-refractivity contribution >= 4 is 28.3 Å². The normalized spacial score (nSPS) is 14.1. The number of rotatable bonds is 3. The molecule has 0 atom stereocenters. The summed E-state index contributed by atoms with van der Waals surface area (Å²) in [5, 5.41) is 3.34. The summed E-state index contributed by atoms with van der Waals surface area (Å²) in [6, 6.07) is 16.3. The Hall–Kier alpha value is -3.14. The molecule has 1 aliphatic rings. The summed E-state index contributed by atoms with van der Waals surface area (Å²) in [4.78, 5) is 27.0. The fourth-order valence-electron chi connectivity index (χ4n) is 3.35. The molecule has 0 bridgehead atoms. The molecule has 4 heteroatoms. The number of carbonyl (C=O) groups is 2. The SMILES string of the molecule is Cc1[nH]c2cccc(Cc3ccccc3)c2c1C1=CC(=O)NC1=O. The van der Waals surface area contributed by atoms with Crippen molar-refractivity contribution in [2.24, 2.45) is 0 Å². The third-order valence-electron chi connectivity index (χ3n) is 4.36. The maximum absolute atomic E-state index is 12.1. The van der Waals surface area contributed by atoms with Gasteiger partial charge in [-0.25, -0.2) is 0 Å². The van der Waals surface area contributed by atoms with Gasteiger partial charge in [-0.3, -0.25) is 14.9 Å². The van der Waals surface area contributed by atoms with Crippen molar-refractivity contribution in [2.45, 2.75) is 13.3 Å². The first kappa shape index (κ1) is 14.5. The van der Waals surface area contributed by atoms with Crippen molar-refractivity contribution in [1.29, 1.82) is 0 Å². The van der Waals surface area contributed by atoms with Crippen LogP contribution in [0.15, 0.2) is 54.6 Å². The molecule has 0 aliphatic carbocycles. The molecule has 0 unspecified atom stereocenters. The maximum Gasteiger partial charge on any atom is 0.258 e. The molecule has 0 radical (unpaired) electrons. The first-order valence-electron chi connectivity index (χ1n) is 7.85. The van der Waals surface area contributed by atoms with Crippen LogP contribution in [-0.4, -0.2) is 16.8 Å². The molecule has 4 nitrogen and oxygen atoms in total. The van der Waals surface area contributed by atoms with Crippen molar-refractivity contribution < 1.29 is 9.59 Å². The van der Waals surface area contributed by atoms with Gasteiger partial charge in [-0.05, 0) is 30.5 Å². The van der Waals surface area contributed by atoms with E-state index in [0.717, 1.165) is 34.1 Å². The fraction of sp³-hybridized carbons (Fsp3) is 0.100. The van der Waals surface area contributed by atoms with Gasteiger partial charge in [0.25, 0.3) is 11.8 Å². The molecule has 1 aromatic heterocycles. The fourth-order valence-corrected chi connectivity index (χ4v) is 3.35. The van der Waals surface area contributed by atoms with Crippen LogP contribution < -0.4 is 5.32 Å². The molecule has 0 fully saturated rings. The second-order valence-electron chi connectivity index (χ2n) is 6.00. The summed E-state index contributed by atoms with van der Waals surface area (Å²) < 4.78 is 0. The second-order valence-corrected chi connectivity index (χ2v) is 6.00. The molecule has 2 heterocycles. The average Bonchev–Trinajstić information content (AvgIpc) is 3.07. The third-order valence-corrected chi connectivity index (χ3v) is 4.36. The number of hydrogen-bond acceptors (Lipinski definition) is 2. The Kier molecular flexibility index (Phi) is 3.31. The average molecular weight is 316 g/mol. The quantitative estimate of drug-likeness (QED) is 0.729. The number of aromatic nitrogens is 1. The molecule has 2 aromatic carbocycles. The van der Waals surface area contributed by atoms with Gasteiger partial charge in [0.2, 0.25) is 0 Å². The Morgan fingerprint density at radius 1 is 0.958 bits per heavy atom. The molecule has 2 N–H and O–H groups in total. The minimum absolute atomic E-state index is 0.335. The van der Waals surface area contributed by atoms with E-state index in [0.29, 0.717) is 5.57 Å². The minimum Gasteiger partial charge on any atom is -0.358 e. The molecule has 24 heavy (non-hydrogen) atoms. The van der Waals surface area contributed by atoms with E-state index in [4.69, 9.17) is 0 Å². The van der Waals surface area contributed by atoms with Crippen LogP contribution in [0.25, 0.3) is 16.5 Å². The van der Waals surface area contributed by atoms with E-state index >= 15 is 0 Å². The van der Waals surface area contributed by atoms with Crippen molar-refractivity contribution in [2.75, 3.05) is 0 Å². The molecule has 1 aliphatic heterocycles. The number of carbonyl (C=O) groups excluding carboxylic acids is 2. The van der Waals surface area contributed by atoms with Crippen LogP contribution in [0.2, 0.25) is 0 Å². The van der Waals surface area contributed by atoms with Crippen LogP contribution in [0.4, 0.5) is 0 Å². The molecule has 118 valence electrons. The lowest BCUT2D eigenvalue weighted by Crippen LogP contribution is -2.21. The van der Waals surface area contributed by atoms with Crippen LogP contribution in [0.1, 0.15) is 22.4 Å². The Bertz CT molecular complexity index is 997. The Labute approximate surface area is 139 Å². The highest BCUT2D eigenvalue weighted by molar-refractivity contribution is 6.35. The van der Waals surface area contributed by atoms with E-state index in [1.165, 1.54) is 11.6 Å². The van der Waals surface area contributed by atoms with Gasteiger partial charge in [0.15, 0.2) is 0 Å². The van der Waals surface area contributed by atoms with E-state index in [2.05, 4.69) is 28.5 Å². The van der Waals surface area contributed by atoms with Gasteiger partial charge in [0.1, 0.15) is 0 Å². The lowest BCUT2D eigenvalue weighted by atomic mass is 9.95. The number of aryl methyl sites for hydroxylation is 1. The standard InChI is InChI=1S/C20H16N2O2/c1-12-18(15-11-17(23)22-20(15)24)19-14(8-5-9-16(19)21-12)10-13-6-3-2-4-7-13/h2-9,11,21H,10H2,1H3,(H,22,23,24). The molecule has 0 spiro atoms. The molecule has 0 saturated heterocycles. The number of aromatic amines is 1. The predicted octanol–water partition coefficient (Wildman–Crippen LogP) is 3.11. The zero-order valence-electron chi connectivity index (χ0n) is 13.2. The van der Waals surface area contributed by atoms with Crippen LogP contribution in [-0.2, 0) is 16.0 Å². The van der Waals surface area contributed by atoms with E-state index < -0.39 is 0 Å². The molecular formula is C20H16N2O2. The van der Waals surface area contributed by atoms with E-state index in [9.17, 15) is 9.59 Å². The zero-order chi connectivity index (χ0) is 16.7. The summed E-state index contributed by atoms with van der Waals surface area (Å²) in [7, 11) is 0. The Morgan fingerprint density at radius 2 is 1.75 bits per heavy atom.